The topological polar surface area (TPSA) is 106 Å². The Kier molecular flexibility index (Phi) is 3.28. The lowest BCUT2D eigenvalue weighted by molar-refractivity contribution is -0.139. The van der Waals surface area contributed by atoms with Crippen molar-refractivity contribution in [2.75, 3.05) is 13.7 Å². The molecule has 0 aliphatic heterocycles. The van der Waals surface area contributed by atoms with E-state index in [0.29, 0.717) is 0 Å². The Labute approximate surface area is 106 Å². The fourth-order valence-electron chi connectivity index (χ4n) is 1.56. The minimum absolute atomic E-state index is 0.0752. The van der Waals surface area contributed by atoms with Gasteiger partial charge in [0.25, 0.3) is 0 Å². The number of rotatable bonds is 4. The first kappa shape index (κ1) is 12.7. The molecule has 2 rings (SSSR count). The SMILES string of the molecule is COc1c(O)c2ccc(OCC(=O)O)cc2oc1=O. The Hall–Kier alpha value is -2.70. The largest absolute Gasteiger partial charge is 0.504 e. The fraction of sp³-hybridized carbons (Fsp3) is 0.167. The van der Waals surface area contributed by atoms with Gasteiger partial charge in [0.15, 0.2) is 12.4 Å². The summed E-state index contributed by atoms with van der Waals surface area (Å²) in [6.45, 7) is -0.516. The molecule has 0 fully saturated rings. The maximum absolute atomic E-state index is 11.5. The molecule has 0 unspecified atom stereocenters. The van der Waals surface area contributed by atoms with Crippen LogP contribution in [-0.2, 0) is 4.79 Å². The molecule has 0 saturated heterocycles. The summed E-state index contributed by atoms with van der Waals surface area (Å²) in [7, 11) is 1.24. The van der Waals surface area contributed by atoms with Crippen LogP contribution in [0.25, 0.3) is 11.0 Å². The predicted octanol–water partition coefficient (Wildman–Crippen LogP) is 0.971. The number of hydrogen-bond acceptors (Lipinski definition) is 6. The van der Waals surface area contributed by atoms with E-state index in [4.69, 9.17) is 19.0 Å². The highest BCUT2D eigenvalue weighted by Gasteiger charge is 2.15. The third-order valence-corrected chi connectivity index (χ3v) is 2.38. The molecule has 7 nitrogen and oxygen atoms in total. The molecular weight excluding hydrogens is 256 g/mol. The van der Waals surface area contributed by atoms with Crippen LogP contribution < -0.4 is 15.1 Å². The van der Waals surface area contributed by atoms with Crippen LogP contribution in [-0.4, -0.2) is 29.9 Å². The molecule has 19 heavy (non-hydrogen) atoms. The molecule has 0 bridgehead atoms. The van der Waals surface area contributed by atoms with Gasteiger partial charge in [0.2, 0.25) is 5.75 Å². The molecule has 1 aromatic carbocycles. The highest BCUT2D eigenvalue weighted by Crippen LogP contribution is 2.32. The molecule has 1 heterocycles. The quantitative estimate of drug-likeness (QED) is 0.794. The lowest BCUT2D eigenvalue weighted by atomic mass is 10.2. The van der Waals surface area contributed by atoms with Gasteiger partial charge in [0, 0.05) is 6.07 Å². The average Bonchev–Trinajstić information content (AvgIpc) is 2.36. The Morgan fingerprint density at radius 1 is 1.42 bits per heavy atom. The summed E-state index contributed by atoms with van der Waals surface area (Å²) in [4.78, 5) is 21.8. The number of carboxylic acid groups (broad SMARTS) is 1. The number of carbonyl (C=O) groups is 1. The van der Waals surface area contributed by atoms with E-state index < -0.39 is 18.2 Å². The first-order chi connectivity index (χ1) is 9.02. The zero-order chi connectivity index (χ0) is 14.0. The summed E-state index contributed by atoms with van der Waals surface area (Å²) in [5.41, 5.74) is -0.755. The second kappa shape index (κ2) is 4.89. The van der Waals surface area contributed by atoms with E-state index in [9.17, 15) is 14.7 Å². The van der Waals surface area contributed by atoms with Crippen molar-refractivity contribution in [3.05, 3.63) is 28.6 Å². The maximum atomic E-state index is 11.5. The smallest absolute Gasteiger partial charge is 0.383 e. The number of aromatic hydroxyl groups is 1. The van der Waals surface area contributed by atoms with E-state index in [-0.39, 0.29) is 28.2 Å². The van der Waals surface area contributed by atoms with Crippen molar-refractivity contribution in [2.45, 2.75) is 0 Å². The van der Waals surface area contributed by atoms with Gasteiger partial charge in [-0.05, 0) is 12.1 Å². The van der Waals surface area contributed by atoms with Crippen molar-refractivity contribution in [1.29, 1.82) is 0 Å². The van der Waals surface area contributed by atoms with Crippen LogP contribution in [0.2, 0.25) is 0 Å². The highest BCUT2D eigenvalue weighted by atomic mass is 16.5. The summed E-state index contributed by atoms with van der Waals surface area (Å²) < 4.78 is 14.6. The van der Waals surface area contributed by atoms with Crippen LogP contribution in [0.1, 0.15) is 0 Å². The van der Waals surface area contributed by atoms with Gasteiger partial charge in [-0.25, -0.2) is 9.59 Å². The molecular formula is C12H10O7. The summed E-state index contributed by atoms with van der Waals surface area (Å²) in [6, 6.07) is 4.20. The van der Waals surface area contributed by atoms with E-state index >= 15 is 0 Å². The summed E-state index contributed by atoms with van der Waals surface area (Å²) in [5.74, 6) is -1.54. The lowest BCUT2D eigenvalue weighted by Crippen LogP contribution is -2.09. The van der Waals surface area contributed by atoms with E-state index in [0.717, 1.165) is 0 Å². The van der Waals surface area contributed by atoms with Crippen LogP contribution in [0.15, 0.2) is 27.4 Å². The van der Waals surface area contributed by atoms with Crippen molar-refractivity contribution < 1.29 is 28.9 Å². The van der Waals surface area contributed by atoms with E-state index in [2.05, 4.69) is 0 Å². The van der Waals surface area contributed by atoms with Gasteiger partial charge in [0.1, 0.15) is 11.3 Å². The predicted molar refractivity (Wildman–Crippen MR) is 63.8 cm³/mol. The molecule has 1 aromatic heterocycles. The van der Waals surface area contributed by atoms with Gasteiger partial charge in [-0.15, -0.1) is 0 Å². The maximum Gasteiger partial charge on any atom is 0.383 e. The van der Waals surface area contributed by atoms with Gasteiger partial charge < -0.3 is 24.1 Å². The molecule has 2 N–H and O–H groups in total. The Balaban J connectivity index is 2.50. The van der Waals surface area contributed by atoms with E-state index in [1.807, 2.05) is 0 Å². The normalized spacial score (nSPS) is 10.4. The summed E-state index contributed by atoms with van der Waals surface area (Å²) in [5, 5.41) is 18.6. The van der Waals surface area contributed by atoms with Crippen molar-refractivity contribution in [2.24, 2.45) is 0 Å². The van der Waals surface area contributed by atoms with Crippen LogP contribution in [0.4, 0.5) is 0 Å². The second-order valence-corrected chi connectivity index (χ2v) is 3.61. The van der Waals surface area contributed by atoms with Gasteiger partial charge in [-0.3, -0.25) is 0 Å². The molecule has 0 radical (unpaired) electrons. The Morgan fingerprint density at radius 3 is 2.79 bits per heavy atom. The van der Waals surface area contributed by atoms with Crippen LogP contribution in [0.3, 0.4) is 0 Å². The van der Waals surface area contributed by atoms with Gasteiger partial charge >= 0.3 is 11.6 Å². The van der Waals surface area contributed by atoms with Gasteiger partial charge in [-0.1, -0.05) is 0 Å². The summed E-state index contributed by atoms with van der Waals surface area (Å²) >= 11 is 0. The number of hydrogen-bond donors (Lipinski definition) is 2. The molecule has 0 aliphatic rings. The van der Waals surface area contributed by atoms with Crippen molar-refractivity contribution in [3.63, 3.8) is 0 Å². The molecule has 0 spiro atoms. The molecule has 2 aromatic rings. The van der Waals surface area contributed by atoms with Gasteiger partial charge in [0.05, 0.1) is 12.5 Å². The van der Waals surface area contributed by atoms with Crippen LogP contribution in [0, 0.1) is 0 Å². The summed E-state index contributed by atoms with van der Waals surface area (Å²) in [6.07, 6.45) is 0. The zero-order valence-electron chi connectivity index (χ0n) is 9.87. The monoisotopic (exact) mass is 266 g/mol. The lowest BCUT2D eigenvalue weighted by Gasteiger charge is -2.07. The Morgan fingerprint density at radius 2 is 2.16 bits per heavy atom. The number of fused-ring (bicyclic) bond motifs is 1. The molecule has 0 saturated carbocycles. The third kappa shape index (κ3) is 2.44. The minimum Gasteiger partial charge on any atom is -0.504 e. The van der Waals surface area contributed by atoms with E-state index in [1.54, 1.807) is 0 Å². The third-order valence-electron chi connectivity index (χ3n) is 2.38. The number of methoxy groups -OCH3 is 1. The fourth-order valence-corrected chi connectivity index (χ4v) is 1.56. The first-order valence-corrected chi connectivity index (χ1v) is 5.21. The van der Waals surface area contributed by atoms with Crippen LogP contribution in [0.5, 0.6) is 17.2 Å². The Bertz CT molecular complexity index is 686. The first-order valence-electron chi connectivity index (χ1n) is 5.21. The molecule has 0 aliphatic carbocycles. The number of carboxylic acids is 1. The number of benzene rings is 1. The van der Waals surface area contributed by atoms with Crippen molar-refractivity contribution in [1.82, 2.24) is 0 Å². The van der Waals surface area contributed by atoms with Crippen LogP contribution >= 0.6 is 0 Å². The highest BCUT2D eigenvalue weighted by molar-refractivity contribution is 5.86. The molecule has 100 valence electrons. The van der Waals surface area contributed by atoms with Crippen molar-refractivity contribution >= 4 is 16.9 Å². The molecule has 0 atom stereocenters. The standard InChI is InChI=1S/C12H10O7/c1-17-11-10(15)7-3-2-6(18-5-9(13)14)4-8(7)19-12(11)16/h2-4,15H,5H2,1H3,(H,13,14). The minimum atomic E-state index is -1.13. The number of ether oxygens (including phenoxy) is 2. The van der Waals surface area contributed by atoms with Crippen molar-refractivity contribution in [3.8, 4) is 17.2 Å². The number of aliphatic carboxylic acids is 1. The zero-order valence-corrected chi connectivity index (χ0v) is 9.87. The second-order valence-electron chi connectivity index (χ2n) is 3.61. The molecule has 0 amide bonds. The van der Waals surface area contributed by atoms with E-state index in [1.165, 1.54) is 25.3 Å². The average molecular weight is 266 g/mol. The molecule has 7 heteroatoms. The van der Waals surface area contributed by atoms with Gasteiger partial charge in [-0.2, -0.15) is 0 Å².